The predicted molar refractivity (Wildman–Crippen MR) is 124 cm³/mol. The van der Waals surface area contributed by atoms with Crippen molar-refractivity contribution in [2.24, 2.45) is 0 Å². The first-order valence-corrected chi connectivity index (χ1v) is 12.6. The third-order valence-electron chi connectivity index (χ3n) is 5.58. The molecule has 0 spiro atoms. The molecular weight excluding hydrogens is 516 g/mol. The molecule has 3 rings (SSSR count). The number of methoxy groups -OCH3 is 1. The van der Waals surface area contributed by atoms with E-state index in [-0.39, 0.29) is 20.6 Å². The number of nitrogens with one attached hydrogen (secondary N) is 1. The Morgan fingerprint density at radius 2 is 1.76 bits per heavy atom. The van der Waals surface area contributed by atoms with Crippen molar-refractivity contribution >= 4 is 44.8 Å². The molecule has 186 valence electrons. The van der Waals surface area contributed by atoms with Crippen LogP contribution >= 0.6 is 23.2 Å². The molecule has 0 aromatic heterocycles. The molecule has 0 atom stereocenters. The van der Waals surface area contributed by atoms with Crippen molar-refractivity contribution in [2.75, 3.05) is 19.0 Å². The van der Waals surface area contributed by atoms with E-state index in [0.717, 1.165) is 35.7 Å². The Labute approximate surface area is 206 Å². The fraction of sp³-hybridized carbons (Fsp3) is 0.409. The van der Waals surface area contributed by atoms with Gasteiger partial charge in [-0.2, -0.15) is 17.5 Å². The summed E-state index contributed by atoms with van der Waals surface area (Å²) in [5.41, 5.74) is -1.24. The Morgan fingerprint density at radius 3 is 2.35 bits per heavy atom. The molecule has 6 nitrogen and oxygen atoms in total. The number of hydrogen-bond acceptors (Lipinski definition) is 4. The van der Waals surface area contributed by atoms with Crippen LogP contribution in [-0.2, 0) is 21.0 Å². The van der Waals surface area contributed by atoms with Gasteiger partial charge in [0.1, 0.15) is 5.75 Å². The van der Waals surface area contributed by atoms with Gasteiger partial charge in [-0.3, -0.25) is 4.79 Å². The second-order valence-electron chi connectivity index (χ2n) is 7.88. The fourth-order valence-electron chi connectivity index (χ4n) is 3.85. The molecule has 0 bridgehead atoms. The second-order valence-corrected chi connectivity index (χ2v) is 10.6. The second kappa shape index (κ2) is 10.7. The molecule has 0 unspecified atom stereocenters. The normalized spacial score (nSPS) is 15.4. The number of alkyl halides is 3. The van der Waals surface area contributed by atoms with Crippen LogP contribution in [0.3, 0.4) is 0 Å². The van der Waals surface area contributed by atoms with Gasteiger partial charge in [0.2, 0.25) is 15.9 Å². The Balaban J connectivity index is 1.90. The summed E-state index contributed by atoms with van der Waals surface area (Å²) in [5, 5.41) is 2.31. The number of nitrogens with zero attached hydrogens (tertiary/aromatic N) is 1. The van der Waals surface area contributed by atoms with Gasteiger partial charge in [-0.15, -0.1) is 0 Å². The standard InChI is InChI=1S/C22H23Cl2F3N2O4S/c1-33-20-10-8-16(12-18(20)24)34(31,32)29(15-5-3-2-4-6-15)13-21(30)28-19-11-14(22(25,26)27)7-9-17(19)23/h7-12,15H,2-6,13H2,1H3,(H,28,30). The lowest BCUT2D eigenvalue weighted by Gasteiger charge is -2.33. The van der Waals surface area contributed by atoms with E-state index in [9.17, 15) is 26.4 Å². The van der Waals surface area contributed by atoms with Gasteiger partial charge in [0.25, 0.3) is 0 Å². The monoisotopic (exact) mass is 538 g/mol. The summed E-state index contributed by atoms with van der Waals surface area (Å²) in [6.45, 7) is -0.594. The molecule has 0 heterocycles. The molecule has 1 amide bonds. The third-order valence-corrected chi connectivity index (χ3v) is 8.10. The third kappa shape index (κ3) is 6.16. The number of carbonyl (C=O) groups excluding carboxylic acids is 1. The Bertz CT molecular complexity index is 1150. The van der Waals surface area contributed by atoms with Crippen LogP contribution in [0.1, 0.15) is 37.7 Å². The molecule has 1 aliphatic rings. The van der Waals surface area contributed by atoms with Gasteiger partial charge in [0.15, 0.2) is 0 Å². The van der Waals surface area contributed by atoms with Crippen molar-refractivity contribution in [2.45, 2.75) is 49.2 Å². The maximum atomic E-state index is 13.5. The van der Waals surface area contributed by atoms with Crippen molar-refractivity contribution in [1.29, 1.82) is 0 Å². The minimum absolute atomic E-state index is 0.0902. The lowest BCUT2D eigenvalue weighted by molar-refractivity contribution is -0.137. The minimum atomic E-state index is -4.63. The molecule has 0 radical (unpaired) electrons. The summed E-state index contributed by atoms with van der Waals surface area (Å²) in [6.07, 6.45) is -0.982. The highest BCUT2D eigenvalue weighted by Gasteiger charge is 2.35. The topological polar surface area (TPSA) is 75.7 Å². The van der Waals surface area contributed by atoms with Crippen molar-refractivity contribution in [3.8, 4) is 5.75 Å². The lowest BCUT2D eigenvalue weighted by Crippen LogP contribution is -2.45. The zero-order valence-electron chi connectivity index (χ0n) is 18.2. The summed E-state index contributed by atoms with van der Waals surface area (Å²) >= 11 is 12.1. The van der Waals surface area contributed by atoms with Crippen LogP contribution < -0.4 is 10.1 Å². The summed E-state index contributed by atoms with van der Waals surface area (Å²) in [5.74, 6) is -0.517. The highest BCUT2D eigenvalue weighted by molar-refractivity contribution is 7.89. The van der Waals surface area contributed by atoms with E-state index in [2.05, 4.69) is 5.32 Å². The van der Waals surface area contributed by atoms with E-state index < -0.39 is 40.3 Å². The zero-order chi connectivity index (χ0) is 25.1. The van der Waals surface area contributed by atoms with Gasteiger partial charge in [-0.05, 0) is 49.2 Å². The van der Waals surface area contributed by atoms with Gasteiger partial charge in [-0.1, -0.05) is 42.5 Å². The van der Waals surface area contributed by atoms with Crippen molar-refractivity contribution in [3.63, 3.8) is 0 Å². The summed E-state index contributed by atoms with van der Waals surface area (Å²) in [6, 6.07) is 6.08. The number of benzene rings is 2. The van der Waals surface area contributed by atoms with Crippen LogP contribution in [0.5, 0.6) is 5.75 Å². The number of halogens is 5. The predicted octanol–water partition coefficient (Wildman–Crippen LogP) is 5.98. The van der Waals surface area contributed by atoms with Crippen LogP contribution in [0.15, 0.2) is 41.3 Å². The molecule has 0 saturated heterocycles. The SMILES string of the molecule is COc1ccc(S(=O)(=O)N(CC(=O)Nc2cc(C(F)(F)F)ccc2Cl)C2CCCCC2)cc1Cl. The highest BCUT2D eigenvalue weighted by atomic mass is 35.5. The van der Waals surface area contributed by atoms with Crippen LogP contribution in [-0.4, -0.2) is 38.3 Å². The van der Waals surface area contributed by atoms with Gasteiger partial charge in [0, 0.05) is 6.04 Å². The van der Waals surface area contributed by atoms with Crippen molar-refractivity contribution < 1.29 is 31.1 Å². The van der Waals surface area contributed by atoms with Crippen molar-refractivity contribution in [1.82, 2.24) is 4.31 Å². The minimum Gasteiger partial charge on any atom is -0.495 e. The van der Waals surface area contributed by atoms with E-state index in [1.807, 2.05) is 0 Å². The van der Waals surface area contributed by atoms with Gasteiger partial charge >= 0.3 is 6.18 Å². The lowest BCUT2D eigenvalue weighted by atomic mass is 9.95. The molecular formula is C22H23Cl2F3N2O4S. The summed E-state index contributed by atoms with van der Waals surface area (Å²) in [7, 11) is -2.76. The van der Waals surface area contributed by atoms with Crippen molar-refractivity contribution in [3.05, 3.63) is 52.0 Å². The van der Waals surface area contributed by atoms with Gasteiger partial charge < -0.3 is 10.1 Å². The van der Waals surface area contributed by atoms with Crippen LogP contribution in [0.4, 0.5) is 18.9 Å². The van der Waals surface area contributed by atoms with Crippen LogP contribution in [0, 0.1) is 0 Å². The number of hydrogen-bond donors (Lipinski definition) is 1. The van der Waals surface area contributed by atoms with Gasteiger partial charge in [0.05, 0.1) is 39.8 Å². The number of carbonyl (C=O) groups is 1. The average molecular weight is 539 g/mol. The first kappa shape index (κ1) is 26.6. The first-order chi connectivity index (χ1) is 15.9. The number of amides is 1. The molecule has 1 fully saturated rings. The Hall–Kier alpha value is -2.01. The molecule has 12 heteroatoms. The largest absolute Gasteiger partial charge is 0.495 e. The van der Waals surface area contributed by atoms with E-state index >= 15 is 0 Å². The quantitative estimate of drug-likeness (QED) is 0.470. The molecule has 1 aliphatic carbocycles. The number of ether oxygens (including phenoxy) is 1. The molecule has 0 aliphatic heterocycles. The smallest absolute Gasteiger partial charge is 0.416 e. The Morgan fingerprint density at radius 1 is 1.09 bits per heavy atom. The molecule has 2 aromatic rings. The number of rotatable bonds is 7. The van der Waals surface area contributed by atoms with Crippen LogP contribution in [0.2, 0.25) is 10.0 Å². The average Bonchev–Trinajstić information content (AvgIpc) is 2.78. The number of sulfonamides is 1. The van der Waals surface area contributed by atoms with E-state index in [1.165, 1.54) is 25.3 Å². The summed E-state index contributed by atoms with van der Waals surface area (Å²) in [4.78, 5) is 12.7. The molecule has 1 N–H and O–H groups in total. The maximum Gasteiger partial charge on any atom is 0.416 e. The molecule has 34 heavy (non-hydrogen) atoms. The zero-order valence-corrected chi connectivity index (χ0v) is 20.5. The first-order valence-electron chi connectivity index (χ1n) is 10.5. The van der Waals surface area contributed by atoms with Crippen LogP contribution in [0.25, 0.3) is 0 Å². The maximum absolute atomic E-state index is 13.5. The molecule has 1 saturated carbocycles. The van der Waals surface area contributed by atoms with Gasteiger partial charge in [-0.25, -0.2) is 8.42 Å². The molecule has 2 aromatic carbocycles. The van der Waals surface area contributed by atoms with E-state index in [1.54, 1.807) is 0 Å². The Kier molecular flexibility index (Phi) is 8.38. The fourth-order valence-corrected chi connectivity index (χ4v) is 6.01. The van der Waals surface area contributed by atoms with E-state index in [0.29, 0.717) is 24.7 Å². The summed E-state index contributed by atoms with van der Waals surface area (Å²) < 4.78 is 72.3. The highest BCUT2D eigenvalue weighted by Crippen LogP contribution is 2.35. The van der Waals surface area contributed by atoms with E-state index in [4.69, 9.17) is 27.9 Å². The number of anilines is 1.